The van der Waals surface area contributed by atoms with Gasteiger partial charge in [0.15, 0.2) is 5.16 Å². The summed E-state index contributed by atoms with van der Waals surface area (Å²) in [6.07, 6.45) is 0.889. The molecule has 0 radical (unpaired) electrons. The Bertz CT molecular complexity index is 623. The van der Waals surface area contributed by atoms with Gasteiger partial charge in [0, 0.05) is 6.54 Å². The van der Waals surface area contributed by atoms with Gasteiger partial charge in [-0.1, -0.05) is 49.0 Å². The first kappa shape index (κ1) is 15.4. The molecule has 1 amide bonds. The van der Waals surface area contributed by atoms with Crippen molar-refractivity contribution in [3.8, 4) is 0 Å². The lowest BCUT2D eigenvalue weighted by atomic mass is 9.98. The van der Waals surface area contributed by atoms with Crippen LogP contribution in [0.1, 0.15) is 24.8 Å². The number of carbonyl (C=O) groups excluding carboxylic acids is 1. The maximum atomic E-state index is 11.7. The molecule has 0 bridgehead atoms. The lowest BCUT2D eigenvalue weighted by Crippen LogP contribution is -2.27. The quantitative estimate of drug-likeness (QED) is 0.676. The fourth-order valence-corrected chi connectivity index (χ4v) is 2.53. The van der Waals surface area contributed by atoms with Crippen molar-refractivity contribution in [1.29, 1.82) is 0 Å². The molecule has 1 unspecified atom stereocenters. The molecular weight excluding hydrogens is 288 g/mol. The van der Waals surface area contributed by atoms with Crippen molar-refractivity contribution in [1.82, 2.24) is 20.5 Å². The second-order valence-electron chi connectivity index (χ2n) is 4.72. The van der Waals surface area contributed by atoms with E-state index < -0.39 is 0 Å². The van der Waals surface area contributed by atoms with Gasteiger partial charge in [-0.2, -0.15) is 0 Å². The molecule has 0 saturated heterocycles. The predicted octanol–water partition coefficient (Wildman–Crippen LogP) is 1.50. The van der Waals surface area contributed by atoms with Crippen LogP contribution in [0.25, 0.3) is 0 Å². The number of hydrogen-bond donors (Lipinski definition) is 3. The van der Waals surface area contributed by atoms with E-state index in [4.69, 9.17) is 0 Å². The highest BCUT2D eigenvalue weighted by Crippen LogP contribution is 2.17. The van der Waals surface area contributed by atoms with Crippen LogP contribution in [0.2, 0.25) is 0 Å². The molecule has 1 atom stereocenters. The summed E-state index contributed by atoms with van der Waals surface area (Å²) >= 11 is 1.19. The van der Waals surface area contributed by atoms with Crippen LogP contribution in [-0.2, 0) is 4.79 Å². The monoisotopic (exact) mass is 306 g/mol. The van der Waals surface area contributed by atoms with Crippen LogP contribution in [0, 0.1) is 0 Å². The van der Waals surface area contributed by atoms with Gasteiger partial charge in [0.2, 0.25) is 5.91 Å². The Balaban J connectivity index is 1.66. The van der Waals surface area contributed by atoms with Crippen LogP contribution in [-0.4, -0.2) is 33.4 Å². The number of hydrogen-bond acceptors (Lipinski definition) is 4. The highest BCUT2D eigenvalue weighted by atomic mass is 32.2. The zero-order valence-corrected chi connectivity index (χ0v) is 12.6. The molecule has 2 rings (SSSR count). The summed E-state index contributed by atoms with van der Waals surface area (Å²) in [5.74, 6) is 0.575. The smallest absolute Gasteiger partial charge is 0.341 e. The second-order valence-corrected chi connectivity index (χ2v) is 5.69. The Morgan fingerprint density at radius 3 is 2.81 bits per heavy atom. The molecular formula is C14H18N4O2S. The minimum absolute atomic E-state index is 0.0656. The number of carbonyl (C=O) groups is 1. The fraction of sp³-hybridized carbons (Fsp3) is 0.357. The Hall–Kier alpha value is -2.02. The van der Waals surface area contributed by atoms with Crippen molar-refractivity contribution in [3.63, 3.8) is 0 Å². The Morgan fingerprint density at radius 1 is 1.38 bits per heavy atom. The van der Waals surface area contributed by atoms with Crippen molar-refractivity contribution in [2.75, 3.05) is 12.3 Å². The standard InChI is InChI=1S/C14H18N4O2S/c1-10(11-5-3-2-4-6-11)7-8-15-12(19)9-21-14-16-13(20)17-18-14/h2-6,10H,7-9H2,1H3,(H,15,19)(H2,16,17,18,20). The van der Waals surface area contributed by atoms with Crippen LogP contribution >= 0.6 is 11.8 Å². The van der Waals surface area contributed by atoms with E-state index in [0.29, 0.717) is 17.6 Å². The summed E-state index contributed by atoms with van der Waals surface area (Å²) < 4.78 is 0. The van der Waals surface area contributed by atoms with Gasteiger partial charge >= 0.3 is 5.69 Å². The molecule has 0 aliphatic rings. The number of benzene rings is 1. The molecule has 0 fully saturated rings. The van der Waals surface area contributed by atoms with Gasteiger partial charge in [-0.25, -0.2) is 9.89 Å². The van der Waals surface area contributed by atoms with Crippen molar-refractivity contribution in [2.45, 2.75) is 24.4 Å². The number of H-pyrrole nitrogens is 2. The molecule has 112 valence electrons. The van der Waals surface area contributed by atoms with Crippen molar-refractivity contribution >= 4 is 17.7 Å². The number of nitrogens with zero attached hydrogens (tertiary/aromatic N) is 1. The summed E-state index contributed by atoms with van der Waals surface area (Å²) in [5, 5.41) is 9.28. The van der Waals surface area contributed by atoms with E-state index in [9.17, 15) is 9.59 Å². The van der Waals surface area contributed by atoms with Crippen LogP contribution in [0.15, 0.2) is 40.3 Å². The number of aromatic amines is 2. The lowest BCUT2D eigenvalue weighted by molar-refractivity contribution is -0.118. The van der Waals surface area contributed by atoms with Crippen molar-refractivity contribution < 1.29 is 4.79 Å². The second kappa shape index (κ2) is 7.68. The molecule has 6 nitrogen and oxygen atoms in total. The summed E-state index contributed by atoms with van der Waals surface area (Å²) in [6, 6.07) is 10.2. The lowest BCUT2D eigenvalue weighted by Gasteiger charge is -2.12. The van der Waals surface area contributed by atoms with Crippen LogP contribution in [0.5, 0.6) is 0 Å². The fourth-order valence-electron chi connectivity index (χ4n) is 1.88. The molecule has 0 aliphatic carbocycles. The molecule has 1 aromatic heterocycles. The highest BCUT2D eigenvalue weighted by Gasteiger charge is 2.07. The topological polar surface area (TPSA) is 90.6 Å². The first-order valence-corrected chi connectivity index (χ1v) is 7.73. The summed E-state index contributed by atoms with van der Waals surface area (Å²) in [6.45, 7) is 2.78. The summed E-state index contributed by atoms with van der Waals surface area (Å²) in [7, 11) is 0. The van der Waals surface area contributed by atoms with Crippen LogP contribution in [0.4, 0.5) is 0 Å². The Labute approximate surface area is 126 Å². The van der Waals surface area contributed by atoms with E-state index in [1.165, 1.54) is 17.3 Å². The molecule has 21 heavy (non-hydrogen) atoms. The first-order chi connectivity index (χ1) is 10.1. The average Bonchev–Trinajstić information content (AvgIpc) is 2.91. The van der Waals surface area contributed by atoms with E-state index in [1.807, 2.05) is 18.2 Å². The van der Waals surface area contributed by atoms with E-state index >= 15 is 0 Å². The zero-order valence-electron chi connectivity index (χ0n) is 11.8. The average molecular weight is 306 g/mol. The molecule has 7 heteroatoms. The number of thioether (sulfide) groups is 1. The third-order valence-electron chi connectivity index (χ3n) is 3.09. The predicted molar refractivity (Wildman–Crippen MR) is 82.4 cm³/mol. The van der Waals surface area contributed by atoms with E-state index in [1.54, 1.807) is 0 Å². The van der Waals surface area contributed by atoms with Gasteiger partial charge in [-0.05, 0) is 17.9 Å². The SMILES string of the molecule is CC(CCNC(=O)CSc1n[nH]c(=O)[nH]1)c1ccccc1. The number of aromatic nitrogens is 3. The Morgan fingerprint density at radius 2 is 2.14 bits per heavy atom. The molecule has 0 spiro atoms. The number of nitrogens with one attached hydrogen (secondary N) is 3. The molecule has 2 aromatic rings. The third-order valence-corrected chi connectivity index (χ3v) is 3.96. The minimum Gasteiger partial charge on any atom is -0.355 e. The maximum absolute atomic E-state index is 11.7. The van der Waals surface area contributed by atoms with Crippen LogP contribution in [0.3, 0.4) is 0 Å². The molecule has 1 heterocycles. The minimum atomic E-state index is -0.366. The maximum Gasteiger partial charge on any atom is 0.341 e. The molecule has 0 saturated carbocycles. The van der Waals surface area contributed by atoms with Gasteiger partial charge in [-0.3, -0.25) is 9.78 Å². The van der Waals surface area contributed by atoms with Gasteiger partial charge in [0.1, 0.15) is 0 Å². The summed E-state index contributed by atoms with van der Waals surface area (Å²) in [4.78, 5) is 25.0. The molecule has 0 aliphatic heterocycles. The van der Waals surface area contributed by atoms with E-state index in [0.717, 1.165) is 6.42 Å². The molecule has 1 aromatic carbocycles. The Kier molecular flexibility index (Phi) is 5.62. The normalized spacial score (nSPS) is 12.0. The van der Waals surface area contributed by atoms with Gasteiger partial charge in [0.25, 0.3) is 0 Å². The first-order valence-electron chi connectivity index (χ1n) is 6.74. The third kappa shape index (κ3) is 5.11. The van der Waals surface area contributed by atoms with E-state index in [-0.39, 0.29) is 17.3 Å². The zero-order chi connectivity index (χ0) is 15.1. The highest BCUT2D eigenvalue weighted by molar-refractivity contribution is 7.99. The number of amides is 1. The van der Waals surface area contributed by atoms with E-state index in [2.05, 4.69) is 39.6 Å². The summed E-state index contributed by atoms with van der Waals surface area (Å²) in [5.41, 5.74) is 0.907. The van der Waals surface area contributed by atoms with Gasteiger partial charge in [-0.15, -0.1) is 5.10 Å². The van der Waals surface area contributed by atoms with Crippen molar-refractivity contribution in [2.24, 2.45) is 0 Å². The largest absolute Gasteiger partial charge is 0.355 e. The van der Waals surface area contributed by atoms with Gasteiger partial charge in [0.05, 0.1) is 5.75 Å². The number of rotatable bonds is 7. The van der Waals surface area contributed by atoms with Crippen molar-refractivity contribution in [3.05, 3.63) is 46.4 Å². The van der Waals surface area contributed by atoms with Gasteiger partial charge < -0.3 is 5.32 Å². The molecule has 3 N–H and O–H groups in total. The van der Waals surface area contributed by atoms with Crippen LogP contribution < -0.4 is 11.0 Å².